The summed E-state index contributed by atoms with van der Waals surface area (Å²) >= 11 is 0. The van der Waals surface area contributed by atoms with E-state index in [1.165, 1.54) is 6.42 Å². The highest BCUT2D eigenvalue weighted by Crippen LogP contribution is 2.29. The molecule has 5 nitrogen and oxygen atoms in total. The van der Waals surface area contributed by atoms with Crippen LogP contribution in [0.15, 0.2) is 18.2 Å². The molecule has 0 spiro atoms. The van der Waals surface area contributed by atoms with Crippen molar-refractivity contribution in [3.63, 3.8) is 0 Å². The molecule has 0 bridgehead atoms. The summed E-state index contributed by atoms with van der Waals surface area (Å²) in [5, 5.41) is 6.12. The van der Waals surface area contributed by atoms with Gasteiger partial charge >= 0.3 is 0 Å². The zero-order chi connectivity index (χ0) is 19.2. The van der Waals surface area contributed by atoms with E-state index in [9.17, 15) is 9.59 Å². The fourth-order valence-corrected chi connectivity index (χ4v) is 4.04. The Kier molecular flexibility index (Phi) is 6.75. The van der Waals surface area contributed by atoms with Crippen molar-refractivity contribution in [1.29, 1.82) is 0 Å². The molecule has 1 aromatic rings. The molecular weight excluding hydrogens is 338 g/mol. The van der Waals surface area contributed by atoms with Gasteiger partial charge in [-0.2, -0.15) is 0 Å². The smallest absolute Gasteiger partial charge is 0.253 e. The molecule has 3 rings (SSSR count). The van der Waals surface area contributed by atoms with Crippen LogP contribution in [0.25, 0.3) is 0 Å². The molecule has 2 N–H and O–H groups in total. The van der Waals surface area contributed by atoms with E-state index in [2.05, 4.69) is 22.5 Å². The van der Waals surface area contributed by atoms with Gasteiger partial charge in [0, 0.05) is 36.4 Å². The molecule has 2 aliphatic rings. The van der Waals surface area contributed by atoms with E-state index >= 15 is 0 Å². The Morgan fingerprint density at radius 3 is 2.48 bits per heavy atom. The summed E-state index contributed by atoms with van der Waals surface area (Å²) in [7, 11) is 0. The fraction of sp³-hybridized carbons (Fsp3) is 0.636. The maximum absolute atomic E-state index is 12.9. The lowest BCUT2D eigenvalue weighted by atomic mass is 10.0. The van der Waals surface area contributed by atoms with Crippen LogP contribution in [-0.4, -0.2) is 30.9 Å². The van der Waals surface area contributed by atoms with E-state index in [1.54, 1.807) is 0 Å². The summed E-state index contributed by atoms with van der Waals surface area (Å²) in [6, 6.07) is 5.93. The van der Waals surface area contributed by atoms with Crippen LogP contribution in [0.1, 0.15) is 75.6 Å². The predicted molar refractivity (Wildman–Crippen MR) is 110 cm³/mol. The van der Waals surface area contributed by atoms with Gasteiger partial charge in [-0.05, 0) is 63.6 Å². The van der Waals surface area contributed by atoms with Crippen molar-refractivity contribution < 1.29 is 9.59 Å². The number of nitrogens with zero attached hydrogens (tertiary/aromatic N) is 1. The van der Waals surface area contributed by atoms with Gasteiger partial charge in [0.2, 0.25) is 5.91 Å². The van der Waals surface area contributed by atoms with Crippen molar-refractivity contribution in [3.05, 3.63) is 23.8 Å². The van der Waals surface area contributed by atoms with Crippen LogP contribution in [0.3, 0.4) is 0 Å². The Bertz CT molecular complexity index is 662. The van der Waals surface area contributed by atoms with E-state index in [1.807, 2.05) is 25.1 Å². The maximum atomic E-state index is 12.9. The summed E-state index contributed by atoms with van der Waals surface area (Å²) in [4.78, 5) is 27.7. The van der Waals surface area contributed by atoms with Crippen molar-refractivity contribution in [1.82, 2.24) is 5.32 Å². The van der Waals surface area contributed by atoms with E-state index in [0.29, 0.717) is 5.56 Å². The number of hydrogen-bond acceptors (Lipinski definition) is 3. The van der Waals surface area contributed by atoms with Gasteiger partial charge in [0.15, 0.2) is 0 Å². The normalized spacial score (nSPS) is 19.0. The second kappa shape index (κ2) is 9.25. The number of anilines is 2. The zero-order valence-electron chi connectivity index (χ0n) is 16.7. The standard InChI is InChI=1S/C22H33N3O2/c1-3-16(2)23-22(27)19-15-18(24-21(26)17-9-5-6-10-17)11-12-20(19)25-13-7-4-8-14-25/h11-12,15-17H,3-10,13-14H2,1-2H3,(H,23,27)(H,24,26). The lowest BCUT2D eigenvalue weighted by Crippen LogP contribution is -2.35. The van der Waals surface area contributed by atoms with Crippen molar-refractivity contribution in [2.75, 3.05) is 23.3 Å². The Morgan fingerprint density at radius 1 is 1.11 bits per heavy atom. The fourth-order valence-electron chi connectivity index (χ4n) is 4.04. The second-order valence-corrected chi connectivity index (χ2v) is 8.03. The highest BCUT2D eigenvalue weighted by atomic mass is 16.2. The van der Waals surface area contributed by atoms with E-state index < -0.39 is 0 Å². The van der Waals surface area contributed by atoms with Crippen LogP contribution < -0.4 is 15.5 Å². The average molecular weight is 372 g/mol. The number of amides is 2. The Labute approximate surface area is 162 Å². The van der Waals surface area contributed by atoms with Gasteiger partial charge < -0.3 is 15.5 Å². The first-order chi connectivity index (χ1) is 13.1. The second-order valence-electron chi connectivity index (χ2n) is 8.03. The molecule has 1 heterocycles. The summed E-state index contributed by atoms with van der Waals surface area (Å²) in [5.74, 6) is 0.151. The Balaban J connectivity index is 1.82. The summed E-state index contributed by atoms with van der Waals surface area (Å²) in [6.07, 6.45) is 8.67. The molecule has 1 saturated heterocycles. The molecule has 1 aliphatic heterocycles. The van der Waals surface area contributed by atoms with Crippen molar-refractivity contribution >= 4 is 23.2 Å². The van der Waals surface area contributed by atoms with Crippen LogP contribution in [0, 0.1) is 5.92 Å². The highest BCUT2D eigenvalue weighted by molar-refractivity contribution is 6.02. The number of hydrogen-bond donors (Lipinski definition) is 2. The molecule has 1 aliphatic carbocycles. The molecule has 1 atom stereocenters. The predicted octanol–water partition coefficient (Wildman–Crippen LogP) is 4.33. The van der Waals surface area contributed by atoms with Crippen molar-refractivity contribution in [2.24, 2.45) is 5.92 Å². The number of rotatable bonds is 6. The first-order valence-electron chi connectivity index (χ1n) is 10.6. The van der Waals surface area contributed by atoms with Gasteiger partial charge in [-0.15, -0.1) is 0 Å². The zero-order valence-corrected chi connectivity index (χ0v) is 16.7. The van der Waals surface area contributed by atoms with Gasteiger partial charge in [0.25, 0.3) is 5.91 Å². The number of carbonyl (C=O) groups excluding carboxylic acids is 2. The molecule has 1 saturated carbocycles. The Hall–Kier alpha value is -2.04. The molecule has 2 fully saturated rings. The van der Waals surface area contributed by atoms with E-state index in [-0.39, 0.29) is 23.8 Å². The van der Waals surface area contributed by atoms with Crippen molar-refractivity contribution in [3.8, 4) is 0 Å². The SMILES string of the molecule is CCC(C)NC(=O)c1cc(NC(=O)C2CCCC2)ccc1N1CCCCC1. The molecule has 0 radical (unpaired) electrons. The quantitative estimate of drug-likeness (QED) is 0.782. The number of nitrogens with one attached hydrogen (secondary N) is 2. The van der Waals surface area contributed by atoms with Gasteiger partial charge in [-0.25, -0.2) is 0 Å². The highest BCUT2D eigenvalue weighted by Gasteiger charge is 2.24. The van der Waals surface area contributed by atoms with Gasteiger partial charge in [0.05, 0.1) is 5.56 Å². The van der Waals surface area contributed by atoms with E-state index in [4.69, 9.17) is 0 Å². The van der Waals surface area contributed by atoms with Crippen LogP contribution in [-0.2, 0) is 4.79 Å². The summed E-state index contributed by atoms with van der Waals surface area (Å²) < 4.78 is 0. The van der Waals surface area contributed by atoms with Gasteiger partial charge in [-0.3, -0.25) is 9.59 Å². The van der Waals surface area contributed by atoms with Crippen LogP contribution in [0.2, 0.25) is 0 Å². The summed E-state index contributed by atoms with van der Waals surface area (Å²) in [5.41, 5.74) is 2.37. The van der Waals surface area contributed by atoms with Crippen LogP contribution in [0.4, 0.5) is 11.4 Å². The third-order valence-electron chi connectivity index (χ3n) is 5.92. The lowest BCUT2D eigenvalue weighted by Gasteiger charge is -2.31. The largest absolute Gasteiger partial charge is 0.371 e. The molecule has 148 valence electrons. The summed E-state index contributed by atoms with van der Waals surface area (Å²) in [6.45, 7) is 6.05. The maximum Gasteiger partial charge on any atom is 0.253 e. The molecular formula is C22H33N3O2. The number of carbonyl (C=O) groups is 2. The lowest BCUT2D eigenvalue weighted by molar-refractivity contribution is -0.119. The average Bonchev–Trinajstić information content (AvgIpc) is 3.23. The van der Waals surface area contributed by atoms with Gasteiger partial charge in [-0.1, -0.05) is 19.8 Å². The molecule has 2 amide bonds. The molecule has 5 heteroatoms. The van der Waals surface area contributed by atoms with Crippen LogP contribution in [0.5, 0.6) is 0 Å². The van der Waals surface area contributed by atoms with E-state index in [0.717, 1.165) is 69.4 Å². The Morgan fingerprint density at radius 2 is 1.81 bits per heavy atom. The minimum Gasteiger partial charge on any atom is -0.371 e. The first kappa shape index (κ1) is 19.7. The van der Waals surface area contributed by atoms with Crippen LogP contribution >= 0.6 is 0 Å². The molecule has 1 unspecified atom stereocenters. The first-order valence-corrected chi connectivity index (χ1v) is 10.6. The minimum atomic E-state index is -0.0538. The minimum absolute atomic E-state index is 0.0538. The molecule has 27 heavy (non-hydrogen) atoms. The number of benzene rings is 1. The topological polar surface area (TPSA) is 61.4 Å². The third kappa shape index (κ3) is 5.02. The molecule has 1 aromatic carbocycles. The van der Waals surface area contributed by atoms with Crippen molar-refractivity contribution in [2.45, 2.75) is 71.3 Å². The van der Waals surface area contributed by atoms with Gasteiger partial charge in [0.1, 0.15) is 0 Å². The number of piperidine rings is 1. The third-order valence-corrected chi connectivity index (χ3v) is 5.92. The molecule has 0 aromatic heterocycles. The monoisotopic (exact) mass is 371 g/mol.